The van der Waals surface area contributed by atoms with Crippen LogP contribution in [0.15, 0.2) is 24.3 Å². The highest BCUT2D eigenvalue weighted by atomic mass is 35.5. The van der Waals surface area contributed by atoms with Crippen molar-refractivity contribution in [3.05, 3.63) is 29.3 Å². The molecule has 0 aromatic heterocycles. The van der Waals surface area contributed by atoms with Crippen LogP contribution in [0.1, 0.15) is 26.2 Å². The molecule has 1 aromatic carbocycles. The number of rotatable bonds is 7. The van der Waals surface area contributed by atoms with Gasteiger partial charge in [-0.1, -0.05) is 18.5 Å². The van der Waals surface area contributed by atoms with Gasteiger partial charge in [0.15, 0.2) is 0 Å². The summed E-state index contributed by atoms with van der Waals surface area (Å²) in [5.41, 5.74) is 0.598. The monoisotopic (exact) mass is 352 g/mol. The Labute approximate surface area is 145 Å². The normalized spacial score (nSPS) is 19.2. The minimum absolute atomic E-state index is 0.0852. The number of nitrogens with one attached hydrogen (secondary N) is 1. The molecule has 2 unspecified atom stereocenters. The van der Waals surface area contributed by atoms with Gasteiger partial charge in [0.2, 0.25) is 11.8 Å². The predicted molar refractivity (Wildman–Crippen MR) is 90.8 cm³/mol. The lowest BCUT2D eigenvalue weighted by molar-refractivity contribution is -0.157. The van der Waals surface area contributed by atoms with Gasteiger partial charge in [-0.3, -0.25) is 14.4 Å². The summed E-state index contributed by atoms with van der Waals surface area (Å²) in [5.74, 6) is -2.65. The van der Waals surface area contributed by atoms with E-state index in [1.165, 1.54) is 4.90 Å². The van der Waals surface area contributed by atoms with Crippen molar-refractivity contribution in [2.24, 2.45) is 11.8 Å². The van der Waals surface area contributed by atoms with E-state index in [9.17, 15) is 14.4 Å². The van der Waals surface area contributed by atoms with E-state index in [1.54, 1.807) is 24.3 Å². The number of carbonyl (C=O) groups is 3. The summed E-state index contributed by atoms with van der Waals surface area (Å²) in [6.07, 6.45) is 1.78. The summed E-state index contributed by atoms with van der Waals surface area (Å²) in [6.45, 7) is 2.25. The van der Waals surface area contributed by atoms with Crippen molar-refractivity contribution in [1.82, 2.24) is 4.90 Å². The smallest absolute Gasteiger partial charge is 0.307 e. The number of amides is 2. The van der Waals surface area contributed by atoms with E-state index >= 15 is 0 Å². The van der Waals surface area contributed by atoms with Gasteiger partial charge in [0, 0.05) is 17.3 Å². The van der Waals surface area contributed by atoms with Crippen LogP contribution in [-0.2, 0) is 14.4 Å². The number of carbonyl (C=O) groups excluding carboxylic acids is 2. The van der Waals surface area contributed by atoms with Crippen molar-refractivity contribution < 1.29 is 19.5 Å². The average molecular weight is 353 g/mol. The van der Waals surface area contributed by atoms with Crippen LogP contribution in [0.3, 0.4) is 0 Å². The van der Waals surface area contributed by atoms with Gasteiger partial charge < -0.3 is 15.3 Å². The summed E-state index contributed by atoms with van der Waals surface area (Å²) >= 11 is 5.80. The molecule has 6 nitrogen and oxygen atoms in total. The second-order valence-electron chi connectivity index (χ2n) is 5.94. The van der Waals surface area contributed by atoms with Crippen molar-refractivity contribution in [1.29, 1.82) is 0 Å². The van der Waals surface area contributed by atoms with E-state index in [1.807, 2.05) is 6.92 Å². The molecule has 0 radical (unpaired) electrons. The summed E-state index contributed by atoms with van der Waals surface area (Å²) in [6, 6.07) is 6.69. The molecule has 0 heterocycles. The molecule has 1 aliphatic carbocycles. The fourth-order valence-electron chi connectivity index (χ4n) is 2.77. The van der Waals surface area contributed by atoms with E-state index in [2.05, 4.69) is 5.32 Å². The van der Waals surface area contributed by atoms with Crippen molar-refractivity contribution in [3.8, 4) is 0 Å². The van der Waals surface area contributed by atoms with Crippen LogP contribution in [0.4, 0.5) is 5.69 Å². The molecule has 2 N–H and O–H groups in total. The standard InChI is InChI=1S/C17H21ClN2O4/c1-2-9-20(16(22)13-7-8-14(13)17(23)24)10-15(21)19-12-5-3-11(18)4-6-12/h3-6,13-14H,2,7-10H2,1H3,(H,19,21)(H,23,24). The third-order valence-electron chi connectivity index (χ3n) is 4.18. The van der Waals surface area contributed by atoms with Crippen LogP contribution < -0.4 is 5.32 Å². The lowest BCUT2D eigenvalue weighted by Gasteiger charge is -2.36. The Morgan fingerprint density at radius 2 is 1.83 bits per heavy atom. The number of halogens is 1. The summed E-state index contributed by atoms with van der Waals surface area (Å²) in [7, 11) is 0. The molecule has 0 saturated heterocycles. The number of hydrogen-bond donors (Lipinski definition) is 2. The molecule has 130 valence electrons. The van der Waals surface area contributed by atoms with Crippen molar-refractivity contribution in [2.75, 3.05) is 18.4 Å². The Bertz CT molecular complexity index is 618. The zero-order valence-corrected chi connectivity index (χ0v) is 14.3. The second-order valence-corrected chi connectivity index (χ2v) is 6.38. The molecule has 7 heteroatoms. The second kappa shape index (κ2) is 8.15. The highest BCUT2D eigenvalue weighted by molar-refractivity contribution is 6.30. The molecule has 2 rings (SSSR count). The number of aliphatic carboxylic acids is 1. The first-order valence-corrected chi connectivity index (χ1v) is 8.37. The van der Waals surface area contributed by atoms with Crippen LogP contribution in [0.5, 0.6) is 0 Å². The molecule has 0 spiro atoms. The number of benzene rings is 1. The minimum Gasteiger partial charge on any atom is -0.481 e. The Balaban J connectivity index is 1.97. The first-order chi connectivity index (χ1) is 11.4. The number of carboxylic acid groups (broad SMARTS) is 1. The predicted octanol–water partition coefficient (Wildman–Crippen LogP) is 2.63. The Morgan fingerprint density at radius 3 is 2.33 bits per heavy atom. The molecular formula is C17H21ClN2O4. The average Bonchev–Trinajstić information content (AvgIpc) is 2.47. The van der Waals surface area contributed by atoms with Gasteiger partial charge in [0.1, 0.15) is 0 Å². The van der Waals surface area contributed by atoms with E-state index < -0.39 is 17.8 Å². The van der Waals surface area contributed by atoms with E-state index in [4.69, 9.17) is 16.7 Å². The molecule has 0 bridgehead atoms. The van der Waals surface area contributed by atoms with Gasteiger partial charge in [-0.15, -0.1) is 0 Å². The number of anilines is 1. The molecule has 1 saturated carbocycles. The highest BCUT2D eigenvalue weighted by Gasteiger charge is 2.43. The quantitative estimate of drug-likeness (QED) is 0.789. The number of carboxylic acids is 1. The van der Waals surface area contributed by atoms with Crippen molar-refractivity contribution in [3.63, 3.8) is 0 Å². The first kappa shape index (κ1) is 18.3. The summed E-state index contributed by atoms with van der Waals surface area (Å²) < 4.78 is 0. The zero-order valence-electron chi connectivity index (χ0n) is 13.5. The molecule has 1 aliphatic rings. The van der Waals surface area contributed by atoms with Crippen LogP contribution in [0.25, 0.3) is 0 Å². The van der Waals surface area contributed by atoms with Gasteiger partial charge in [-0.25, -0.2) is 0 Å². The van der Waals surface area contributed by atoms with E-state index in [0.717, 1.165) is 0 Å². The summed E-state index contributed by atoms with van der Waals surface area (Å²) in [5, 5.41) is 12.4. The van der Waals surface area contributed by atoms with E-state index in [-0.39, 0.29) is 18.4 Å². The zero-order chi connectivity index (χ0) is 17.7. The van der Waals surface area contributed by atoms with Crippen LogP contribution in [0, 0.1) is 11.8 Å². The maximum Gasteiger partial charge on any atom is 0.307 e. The van der Waals surface area contributed by atoms with Gasteiger partial charge >= 0.3 is 5.97 Å². The summed E-state index contributed by atoms with van der Waals surface area (Å²) in [4.78, 5) is 37.3. The molecular weight excluding hydrogens is 332 g/mol. The van der Waals surface area contributed by atoms with Crippen molar-refractivity contribution >= 4 is 35.1 Å². The number of hydrogen-bond acceptors (Lipinski definition) is 3. The van der Waals surface area contributed by atoms with Gasteiger partial charge in [-0.05, 0) is 43.5 Å². The van der Waals surface area contributed by atoms with Gasteiger partial charge in [0.05, 0.1) is 18.4 Å². The molecule has 0 aliphatic heterocycles. The van der Waals surface area contributed by atoms with Crippen LogP contribution in [0.2, 0.25) is 5.02 Å². The third kappa shape index (κ3) is 4.47. The lowest BCUT2D eigenvalue weighted by atomic mass is 9.73. The SMILES string of the molecule is CCCN(CC(=O)Nc1ccc(Cl)cc1)C(=O)C1CCC1C(=O)O. The fourth-order valence-corrected chi connectivity index (χ4v) is 2.90. The van der Waals surface area contributed by atoms with Gasteiger partial charge in [0.25, 0.3) is 0 Å². The molecule has 1 aromatic rings. The molecule has 2 amide bonds. The minimum atomic E-state index is -0.943. The first-order valence-electron chi connectivity index (χ1n) is 7.99. The molecule has 24 heavy (non-hydrogen) atoms. The third-order valence-corrected chi connectivity index (χ3v) is 4.43. The Kier molecular flexibility index (Phi) is 6.20. The molecule has 2 atom stereocenters. The van der Waals surface area contributed by atoms with Crippen LogP contribution >= 0.6 is 11.6 Å². The fraction of sp³-hybridized carbons (Fsp3) is 0.471. The van der Waals surface area contributed by atoms with Crippen LogP contribution in [-0.4, -0.2) is 40.9 Å². The Hall–Kier alpha value is -2.08. The molecule has 1 fully saturated rings. The lowest BCUT2D eigenvalue weighted by Crippen LogP contribution is -2.48. The van der Waals surface area contributed by atoms with Crippen molar-refractivity contribution in [2.45, 2.75) is 26.2 Å². The highest BCUT2D eigenvalue weighted by Crippen LogP contribution is 2.35. The van der Waals surface area contributed by atoms with Gasteiger partial charge in [-0.2, -0.15) is 0 Å². The number of nitrogens with zero attached hydrogens (tertiary/aromatic N) is 1. The van der Waals surface area contributed by atoms with E-state index in [0.29, 0.717) is 36.5 Å². The maximum absolute atomic E-state index is 12.5. The Morgan fingerprint density at radius 1 is 1.21 bits per heavy atom. The maximum atomic E-state index is 12.5. The largest absolute Gasteiger partial charge is 0.481 e. The topological polar surface area (TPSA) is 86.7 Å².